The third kappa shape index (κ3) is 3.17. The Morgan fingerprint density at radius 1 is 1.27 bits per heavy atom. The summed E-state index contributed by atoms with van der Waals surface area (Å²) in [5.41, 5.74) is 2.27. The predicted octanol–water partition coefficient (Wildman–Crippen LogP) is 2.79. The molecule has 1 aliphatic rings. The summed E-state index contributed by atoms with van der Waals surface area (Å²) in [4.78, 5) is 12.3. The van der Waals surface area contributed by atoms with Crippen molar-refractivity contribution in [2.45, 2.75) is 44.2 Å². The van der Waals surface area contributed by atoms with Gasteiger partial charge in [-0.3, -0.25) is 4.79 Å². The average molecular weight is 300 g/mol. The van der Waals surface area contributed by atoms with Crippen LogP contribution in [0.5, 0.6) is 0 Å². The fourth-order valence-corrected chi connectivity index (χ4v) is 3.46. The fourth-order valence-electron chi connectivity index (χ4n) is 3.46. The molecular weight excluding hydrogens is 276 g/mol. The SMILES string of the molecule is COC1CCC(NC(=O)Cc2cn(C)c3ccccc23)CC1. The van der Waals surface area contributed by atoms with Crippen molar-refractivity contribution >= 4 is 16.8 Å². The van der Waals surface area contributed by atoms with Crippen LogP contribution in [0.4, 0.5) is 0 Å². The van der Waals surface area contributed by atoms with E-state index in [0.717, 1.165) is 31.2 Å². The largest absolute Gasteiger partial charge is 0.381 e. The van der Waals surface area contributed by atoms with Crippen LogP contribution in [0.25, 0.3) is 10.9 Å². The Bertz CT molecular complexity index is 654. The minimum Gasteiger partial charge on any atom is -0.381 e. The lowest BCUT2D eigenvalue weighted by Gasteiger charge is -2.28. The summed E-state index contributed by atoms with van der Waals surface area (Å²) in [5, 5.41) is 4.35. The smallest absolute Gasteiger partial charge is 0.224 e. The molecule has 4 heteroatoms. The molecule has 0 spiro atoms. The third-order valence-electron chi connectivity index (χ3n) is 4.70. The maximum absolute atomic E-state index is 12.3. The molecule has 0 unspecified atom stereocenters. The molecular formula is C18H24N2O2. The van der Waals surface area contributed by atoms with Crippen molar-refractivity contribution in [3.63, 3.8) is 0 Å². The molecule has 1 amide bonds. The number of ether oxygens (including phenoxy) is 1. The summed E-state index contributed by atoms with van der Waals surface area (Å²) in [6.07, 6.45) is 6.98. The van der Waals surface area contributed by atoms with Crippen LogP contribution < -0.4 is 5.32 Å². The molecule has 2 aromatic rings. The minimum atomic E-state index is 0.122. The lowest BCUT2D eigenvalue weighted by atomic mass is 9.93. The van der Waals surface area contributed by atoms with Gasteiger partial charge in [0.25, 0.3) is 0 Å². The molecule has 0 atom stereocenters. The van der Waals surface area contributed by atoms with Gasteiger partial charge in [0.15, 0.2) is 0 Å². The van der Waals surface area contributed by atoms with Crippen LogP contribution in [0.15, 0.2) is 30.5 Å². The summed E-state index contributed by atoms with van der Waals surface area (Å²) in [5.74, 6) is 0.122. The number of fused-ring (bicyclic) bond motifs is 1. The van der Waals surface area contributed by atoms with Crippen molar-refractivity contribution in [1.29, 1.82) is 0 Å². The van der Waals surface area contributed by atoms with Gasteiger partial charge in [-0.2, -0.15) is 0 Å². The third-order valence-corrected chi connectivity index (χ3v) is 4.70. The van der Waals surface area contributed by atoms with Gasteiger partial charge in [-0.05, 0) is 37.3 Å². The topological polar surface area (TPSA) is 43.3 Å². The van der Waals surface area contributed by atoms with Gasteiger partial charge in [-0.15, -0.1) is 0 Å². The van der Waals surface area contributed by atoms with E-state index in [2.05, 4.69) is 28.2 Å². The number of carbonyl (C=O) groups excluding carboxylic acids is 1. The zero-order valence-corrected chi connectivity index (χ0v) is 13.3. The Kier molecular flexibility index (Phi) is 4.48. The van der Waals surface area contributed by atoms with Crippen LogP contribution in [0.1, 0.15) is 31.2 Å². The second-order valence-electron chi connectivity index (χ2n) is 6.24. The Morgan fingerprint density at radius 3 is 2.73 bits per heavy atom. The van der Waals surface area contributed by atoms with Crippen molar-refractivity contribution in [2.75, 3.05) is 7.11 Å². The van der Waals surface area contributed by atoms with Gasteiger partial charge >= 0.3 is 0 Å². The first-order valence-electron chi connectivity index (χ1n) is 8.02. The van der Waals surface area contributed by atoms with Crippen LogP contribution in [0, 0.1) is 0 Å². The van der Waals surface area contributed by atoms with Gasteiger partial charge in [-0.25, -0.2) is 0 Å². The number of hydrogen-bond acceptors (Lipinski definition) is 2. The molecule has 4 nitrogen and oxygen atoms in total. The quantitative estimate of drug-likeness (QED) is 0.943. The van der Waals surface area contributed by atoms with Gasteiger partial charge in [0.1, 0.15) is 0 Å². The van der Waals surface area contributed by atoms with Crippen molar-refractivity contribution in [1.82, 2.24) is 9.88 Å². The van der Waals surface area contributed by atoms with Crippen LogP contribution >= 0.6 is 0 Å². The summed E-state index contributed by atoms with van der Waals surface area (Å²) < 4.78 is 7.46. The Labute approximate surface area is 131 Å². The molecule has 0 saturated heterocycles. The minimum absolute atomic E-state index is 0.122. The number of amides is 1. The number of nitrogens with one attached hydrogen (secondary N) is 1. The number of aryl methyl sites for hydroxylation is 1. The summed E-state index contributed by atoms with van der Waals surface area (Å²) in [6.45, 7) is 0. The molecule has 1 aliphatic carbocycles. The molecule has 0 bridgehead atoms. The van der Waals surface area contributed by atoms with Crippen LogP contribution in [0.2, 0.25) is 0 Å². The van der Waals surface area contributed by atoms with E-state index in [1.807, 2.05) is 19.2 Å². The highest BCUT2D eigenvalue weighted by atomic mass is 16.5. The Morgan fingerprint density at radius 2 is 2.00 bits per heavy atom. The van der Waals surface area contributed by atoms with E-state index in [1.54, 1.807) is 7.11 Å². The second kappa shape index (κ2) is 6.53. The number of hydrogen-bond donors (Lipinski definition) is 1. The van der Waals surface area contributed by atoms with Crippen LogP contribution in [-0.2, 0) is 23.0 Å². The monoisotopic (exact) mass is 300 g/mol. The van der Waals surface area contributed by atoms with Gasteiger partial charge < -0.3 is 14.6 Å². The maximum Gasteiger partial charge on any atom is 0.224 e. The van der Waals surface area contributed by atoms with Crippen molar-refractivity contribution in [2.24, 2.45) is 7.05 Å². The highest BCUT2D eigenvalue weighted by Crippen LogP contribution is 2.22. The summed E-state index contributed by atoms with van der Waals surface area (Å²) in [7, 11) is 3.79. The number of benzene rings is 1. The molecule has 1 saturated carbocycles. The zero-order valence-electron chi connectivity index (χ0n) is 13.3. The van der Waals surface area contributed by atoms with Crippen molar-refractivity contribution in [3.8, 4) is 0 Å². The van der Waals surface area contributed by atoms with Crippen molar-refractivity contribution in [3.05, 3.63) is 36.0 Å². The molecule has 0 aliphatic heterocycles. The van der Waals surface area contributed by atoms with Gasteiger partial charge in [0.05, 0.1) is 12.5 Å². The van der Waals surface area contributed by atoms with E-state index >= 15 is 0 Å². The predicted molar refractivity (Wildman–Crippen MR) is 87.8 cm³/mol. The molecule has 3 rings (SSSR count). The van der Waals surface area contributed by atoms with Gasteiger partial charge in [0, 0.05) is 37.3 Å². The van der Waals surface area contributed by atoms with Crippen molar-refractivity contribution < 1.29 is 9.53 Å². The van der Waals surface area contributed by atoms with E-state index in [9.17, 15) is 4.79 Å². The van der Waals surface area contributed by atoms with Gasteiger partial charge in [-0.1, -0.05) is 18.2 Å². The maximum atomic E-state index is 12.3. The van der Waals surface area contributed by atoms with E-state index in [4.69, 9.17) is 4.74 Å². The molecule has 1 N–H and O–H groups in total. The zero-order chi connectivity index (χ0) is 15.5. The summed E-state index contributed by atoms with van der Waals surface area (Å²) >= 11 is 0. The van der Waals surface area contributed by atoms with Gasteiger partial charge in [0.2, 0.25) is 5.91 Å². The van der Waals surface area contributed by atoms with E-state index in [-0.39, 0.29) is 5.91 Å². The highest BCUT2D eigenvalue weighted by Gasteiger charge is 2.22. The molecule has 1 fully saturated rings. The normalized spacial score (nSPS) is 21.9. The first-order chi connectivity index (χ1) is 10.7. The molecule has 1 aromatic heterocycles. The lowest BCUT2D eigenvalue weighted by Crippen LogP contribution is -2.39. The summed E-state index contributed by atoms with van der Waals surface area (Å²) in [6, 6.07) is 8.52. The van der Waals surface area contributed by atoms with E-state index in [0.29, 0.717) is 18.6 Å². The Balaban J connectivity index is 1.62. The molecule has 1 aromatic carbocycles. The molecule has 1 heterocycles. The molecule has 0 radical (unpaired) electrons. The van der Waals surface area contributed by atoms with E-state index in [1.165, 1.54) is 10.9 Å². The second-order valence-corrected chi connectivity index (χ2v) is 6.24. The van der Waals surface area contributed by atoms with Crippen LogP contribution in [-0.4, -0.2) is 29.7 Å². The average Bonchev–Trinajstić information content (AvgIpc) is 2.85. The highest BCUT2D eigenvalue weighted by molar-refractivity contribution is 5.89. The number of methoxy groups -OCH3 is 1. The number of para-hydroxylation sites is 1. The van der Waals surface area contributed by atoms with E-state index < -0.39 is 0 Å². The Hall–Kier alpha value is -1.81. The fraction of sp³-hybridized carbons (Fsp3) is 0.500. The molecule has 118 valence electrons. The number of nitrogens with zero attached hydrogens (tertiary/aromatic N) is 1. The molecule has 22 heavy (non-hydrogen) atoms. The first-order valence-corrected chi connectivity index (χ1v) is 8.02. The first kappa shape index (κ1) is 15.1. The number of rotatable bonds is 4. The number of aromatic nitrogens is 1. The lowest BCUT2D eigenvalue weighted by molar-refractivity contribution is -0.121. The van der Waals surface area contributed by atoms with Crippen LogP contribution in [0.3, 0.4) is 0 Å². The number of carbonyl (C=O) groups is 1. The standard InChI is InChI=1S/C18H24N2O2/c1-20-12-13(16-5-3-4-6-17(16)20)11-18(21)19-14-7-9-15(22-2)10-8-14/h3-6,12,14-15H,7-11H2,1-2H3,(H,19,21).